The quantitative estimate of drug-likeness (QED) is 0.869. The van der Waals surface area contributed by atoms with Crippen LogP contribution in [-0.4, -0.2) is 41.1 Å². The second kappa shape index (κ2) is 6.13. The topological polar surface area (TPSA) is 66.8 Å². The van der Waals surface area contributed by atoms with Gasteiger partial charge < -0.3 is 14.7 Å². The molecule has 1 aromatic carbocycles. The number of rotatable bonds is 3. The number of ether oxygens (including phenoxy) is 1. The number of carbonyl (C=O) groups excluding carboxylic acids is 2. The Morgan fingerprint density at radius 3 is 2.90 bits per heavy atom. The Bertz CT molecular complexity index is 532. The molecule has 0 aliphatic carbocycles. The lowest BCUT2D eigenvalue weighted by atomic mass is 10.1. The highest BCUT2D eigenvalue weighted by Gasteiger charge is 2.36. The molecular formula is C14H16ClNO4. The number of hydrogen-bond donors (Lipinski definition) is 1. The van der Waals surface area contributed by atoms with Gasteiger partial charge in [-0.1, -0.05) is 11.6 Å². The molecule has 1 heterocycles. The molecule has 0 radical (unpaired) electrons. The van der Waals surface area contributed by atoms with Crippen LogP contribution >= 0.6 is 11.6 Å². The fourth-order valence-electron chi connectivity index (χ4n) is 2.33. The number of hydrogen-bond acceptors (Lipinski definition) is 4. The number of amides is 1. The van der Waals surface area contributed by atoms with Gasteiger partial charge in [0, 0.05) is 11.6 Å². The summed E-state index contributed by atoms with van der Waals surface area (Å²) in [7, 11) is 0. The van der Waals surface area contributed by atoms with Gasteiger partial charge >= 0.3 is 5.97 Å². The van der Waals surface area contributed by atoms with Crippen LogP contribution < -0.4 is 0 Å². The average Bonchev–Trinajstić information content (AvgIpc) is 2.87. The smallest absolute Gasteiger partial charge is 0.328 e. The predicted octanol–water partition coefficient (Wildman–Crippen LogP) is 2.21. The molecule has 1 saturated heterocycles. The van der Waals surface area contributed by atoms with Crippen molar-refractivity contribution in [3.63, 3.8) is 0 Å². The Labute approximate surface area is 122 Å². The van der Waals surface area contributed by atoms with E-state index in [-0.39, 0.29) is 23.8 Å². The van der Waals surface area contributed by atoms with Gasteiger partial charge in [0.25, 0.3) is 5.91 Å². The van der Waals surface area contributed by atoms with E-state index in [1.54, 1.807) is 6.92 Å². The number of benzene rings is 1. The van der Waals surface area contributed by atoms with E-state index in [2.05, 4.69) is 0 Å². The third-order valence-electron chi connectivity index (χ3n) is 3.26. The van der Waals surface area contributed by atoms with Crippen LogP contribution in [0.1, 0.15) is 30.1 Å². The van der Waals surface area contributed by atoms with E-state index in [1.807, 2.05) is 0 Å². The van der Waals surface area contributed by atoms with Crippen LogP contribution in [0.4, 0.5) is 0 Å². The van der Waals surface area contributed by atoms with E-state index in [1.165, 1.54) is 23.1 Å². The minimum absolute atomic E-state index is 0.144. The Morgan fingerprint density at radius 2 is 2.25 bits per heavy atom. The standard InChI is InChI=1S/C14H16ClNO4/c1-2-20-14(19)11-4-3-7-16(11)13(18)10-6-5-9(15)8-12(10)17/h5-6,8,11,17H,2-4,7H2,1H3. The van der Waals surface area contributed by atoms with Crippen LogP contribution in [0.3, 0.4) is 0 Å². The molecule has 1 unspecified atom stereocenters. The van der Waals surface area contributed by atoms with Gasteiger partial charge in [0.1, 0.15) is 11.8 Å². The zero-order valence-corrected chi connectivity index (χ0v) is 11.9. The fraction of sp³-hybridized carbons (Fsp3) is 0.429. The highest BCUT2D eigenvalue weighted by atomic mass is 35.5. The van der Waals surface area contributed by atoms with Crippen LogP contribution in [0.2, 0.25) is 5.02 Å². The lowest BCUT2D eigenvalue weighted by Gasteiger charge is -2.23. The molecule has 6 heteroatoms. The van der Waals surface area contributed by atoms with Gasteiger partial charge in [0.15, 0.2) is 0 Å². The monoisotopic (exact) mass is 297 g/mol. The molecule has 1 aromatic rings. The van der Waals surface area contributed by atoms with Gasteiger partial charge in [-0.3, -0.25) is 4.79 Å². The molecule has 5 nitrogen and oxygen atoms in total. The van der Waals surface area contributed by atoms with Crippen molar-refractivity contribution >= 4 is 23.5 Å². The summed E-state index contributed by atoms with van der Waals surface area (Å²) in [5.74, 6) is -0.960. The number of halogens is 1. The highest BCUT2D eigenvalue weighted by molar-refractivity contribution is 6.30. The highest BCUT2D eigenvalue weighted by Crippen LogP contribution is 2.27. The van der Waals surface area contributed by atoms with Gasteiger partial charge in [-0.15, -0.1) is 0 Å². The SMILES string of the molecule is CCOC(=O)C1CCCN1C(=O)c1ccc(Cl)cc1O. The number of esters is 1. The number of nitrogens with zero attached hydrogens (tertiary/aromatic N) is 1. The Kier molecular flexibility index (Phi) is 4.49. The summed E-state index contributed by atoms with van der Waals surface area (Å²) >= 11 is 5.74. The first-order chi connectivity index (χ1) is 9.54. The first kappa shape index (κ1) is 14.7. The minimum Gasteiger partial charge on any atom is -0.507 e. The van der Waals surface area contributed by atoms with E-state index in [4.69, 9.17) is 16.3 Å². The van der Waals surface area contributed by atoms with Crippen molar-refractivity contribution in [1.29, 1.82) is 0 Å². The van der Waals surface area contributed by atoms with Crippen LogP contribution in [0.5, 0.6) is 5.75 Å². The number of aromatic hydroxyl groups is 1. The first-order valence-corrected chi connectivity index (χ1v) is 6.88. The van der Waals surface area contributed by atoms with Crippen LogP contribution in [0.25, 0.3) is 0 Å². The molecule has 1 fully saturated rings. The van der Waals surface area contributed by atoms with Gasteiger partial charge in [-0.05, 0) is 38.0 Å². The molecule has 1 aliphatic heterocycles. The van der Waals surface area contributed by atoms with Gasteiger partial charge in [-0.25, -0.2) is 4.79 Å². The molecule has 0 bridgehead atoms. The minimum atomic E-state index is -0.572. The maximum Gasteiger partial charge on any atom is 0.328 e. The molecule has 2 rings (SSSR count). The fourth-order valence-corrected chi connectivity index (χ4v) is 2.50. The predicted molar refractivity (Wildman–Crippen MR) is 73.8 cm³/mol. The second-order valence-corrected chi connectivity index (χ2v) is 5.01. The lowest BCUT2D eigenvalue weighted by molar-refractivity contribution is -0.147. The normalized spacial score (nSPS) is 18.1. The number of phenolic OH excluding ortho intramolecular Hbond substituents is 1. The van der Waals surface area contributed by atoms with E-state index in [9.17, 15) is 14.7 Å². The number of carbonyl (C=O) groups is 2. The molecule has 0 spiro atoms. The molecule has 0 aromatic heterocycles. The van der Waals surface area contributed by atoms with Crippen LogP contribution in [0.15, 0.2) is 18.2 Å². The molecule has 20 heavy (non-hydrogen) atoms. The van der Waals surface area contributed by atoms with Crippen molar-refractivity contribution < 1.29 is 19.4 Å². The average molecular weight is 298 g/mol. The van der Waals surface area contributed by atoms with Crippen molar-refractivity contribution in [3.05, 3.63) is 28.8 Å². The van der Waals surface area contributed by atoms with Crippen molar-refractivity contribution in [3.8, 4) is 5.75 Å². The molecule has 1 amide bonds. The van der Waals surface area contributed by atoms with Crippen molar-refractivity contribution in [2.45, 2.75) is 25.8 Å². The van der Waals surface area contributed by atoms with Crippen LogP contribution in [-0.2, 0) is 9.53 Å². The van der Waals surface area contributed by atoms with Crippen molar-refractivity contribution in [2.24, 2.45) is 0 Å². The molecule has 1 atom stereocenters. The Balaban J connectivity index is 2.21. The van der Waals surface area contributed by atoms with E-state index >= 15 is 0 Å². The molecule has 0 saturated carbocycles. The third-order valence-corrected chi connectivity index (χ3v) is 3.50. The lowest BCUT2D eigenvalue weighted by Crippen LogP contribution is -2.41. The number of phenols is 1. The van der Waals surface area contributed by atoms with Gasteiger partial charge in [0.2, 0.25) is 0 Å². The summed E-state index contributed by atoms with van der Waals surface area (Å²) in [6.07, 6.45) is 1.32. The van der Waals surface area contributed by atoms with Crippen molar-refractivity contribution in [1.82, 2.24) is 4.90 Å². The van der Waals surface area contributed by atoms with Gasteiger partial charge in [-0.2, -0.15) is 0 Å². The van der Waals surface area contributed by atoms with Gasteiger partial charge in [0.05, 0.1) is 12.2 Å². The molecule has 1 aliphatic rings. The summed E-state index contributed by atoms with van der Waals surface area (Å²) in [6, 6.07) is 3.73. The Morgan fingerprint density at radius 1 is 1.50 bits per heavy atom. The summed E-state index contributed by atoms with van der Waals surface area (Å²) in [5, 5.41) is 10.2. The zero-order valence-electron chi connectivity index (χ0n) is 11.1. The summed E-state index contributed by atoms with van der Waals surface area (Å²) in [4.78, 5) is 25.7. The molecular weight excluding hydrogens is 282 g/mol. The largest absolute Gasteiger partial charge is 0.507 e. The number of likely N-dealkylation sites (tertiary alicyclic amines) is 1. The molecule has 1 N–H and O–H groups in total. The zero-order chi connectivity index (χ0) is 14.7. The summed E-state index contributed by atoms with van der Waals surface area (Å²) < 4.78 is 4.98. The van der Waals surface area contributed by atoms with E-state index in [0.717, 1.165) is 6.42 Å². The third kappa shape index (κ3) is 2.88. The van der Waals surface area contributed by atoms with E-state index < -0.39 is 12.0 Å². The first-order valence-electron chi connectivity index (χ1n) is 6.50. The van der Waals surface area contributed by atoms with E-state index in [0.29, 0.717) is 18.0 Å². The Hall–Kier alpha value is -1.75. The maximum absolute atomic E-state index is 12.4. The summed E-state index contributed by atoms with van der Waals surface area (Å²) in [6.45, 7) is 2.48. The second-order valence-electron chi connectivity index (χ2n) is 4.57. The molecule has 108 valence electrons. The summed E-state index contributed by atoms with van der Waals surface area (Å²) in [5.41, 5.74) is 0.144. The van der Waals surface area contributed by atoms with Crippen molar-refractivity contribution in [2.75, 3.05) is 13.2 Å². The van der Waals surface area contributed by atoms with Crippen LogP contribution in [0, 0.1) is 0 Å². The maximum atomic E-state index is 12.4.